The Labute approximate surface area is 171 Å². The lowest BCUT2D eigenvalue weighted by atomic mass is 10.1. The predicted molar refractivity (Wildman–Crippen MR) is 118 cm³/mol. The quantitative estimate of drug-likeness (QED) is 0.491. The number of hydrogen-bond donors (Lipinski definition) is 0. The zero-order chi connectivity index (χ0) is 19.6. The van der Waals surface area contributed by atoms with E-state index in [0.717, 1.165) is 40.2 Å². The number of nitrogens with zero attached hydrogens (tertiary/aromatic N) is 4. The standard InChI is InChI=1S/C23H23BN4O/c24-27-14-4-5-18(27)16-28-22-12-13-25-15-21(22)23(26-28)17-8-10-20(11-9-17)29-19-6-2-1-3-7-19/h1-3,6-13,15,18H,4-5,14,16,24H2. The van der Waals surface area contributed by atoms with E-state index in [1.165, 1.54) is 19.4 Å². The molecule has 1 atom stereocenters. The molecule has 1 aliphatic heterocycles. The normalized spacial score (nSPS) is 17.0. The maximum atomic E-state index is 5.92. The summed E-state index contributed by atoms with van der Waals surface area (Å²) in [5.74, 6) is 1.65. The van der Waals surface area contributed by atoms with Gasteiger partial charge in [-0.15, -0.1) is 0 Å². The number of ether oxygens (including phenoxy) is 1. The van der Waals surface area contributed by atoms with Crippen LogP contribution in [-0.4, -0.2) is 40.1 Å². The molecule has 1 unspecified atom stereocenters. The van der Waals surface area contributed by atoms with Crippen LogP contribution in [0.15, 0.2) is 73.1 Å². The number of pyridine rings is 1. The first-order valence-electron chi connectivity index (χ1n) is 10.1. The van der Waals surface area contributed by atoms with Crippen LogP contribution in [0.25, 0.3) is 22.2 Å². The van der Waals surface area contributed by atoms with Crippen LogP contribution in [0.4, 0.5) is 0 Å². The lowest BCUT2D eigenvalue weighted by Gasteiger charge is -2.20. The minimum Gasteiger partial charge on any atom is -0.457 e. The second kappa shape index (κ2) is 7.72. The summed E-state index contributed by atoms with van der Waals surface area (Å²) in [6.07, 6.45) is 6.25. The Morgan fingerprint density at radius 2 is 1.79 bits per heavy atom. The number of hydrogen-bond acceptors (Lipinski definition) is 4. The van der Waals surface area contributed by atoms with Crippen molar-refractivity contribution in [1.29, 1.82) is 0 Å². The highest BCUT2D eigenvalue weighted by molar-refractivity contribution is 6.04. The van der Waals surface area contributed by atoms with Gasteiger partial charge < -0.3 is 9.55 Å². The molecule has 5 nitrogen and oxygen atoms in total. The van der Waals surface area contributed by atoms with Gasteiger partial charge in [-0.1, -0.05) is 18.2 Å². The van der Waals surface area contributed by atoms with Gasteiger partial charge in [0, 0.05) is 29.4 Å². The van der Waals surface area contributed by atoms with E-state index >= 15 is 0 Å². The van der Waals surface area contributed by atoms with Crippen molar-refractivity contribution in [2.75, 3.05) is 6.54 Å². The van der Waals surface area contributed by atoms with Crippen molar-refractivity contribution >= 4 is 18.9 Å². The lowest BCUT2D eigenvalue weighted by molar-refractivity contribution is 0.364. The smallest absolute Gasteiger partial charge is 0.185 e. The number of aromatic nitrogens is 3. The van der Waals surface area contributed by atoms with Crippen LogP contribution in [0.5, 0.6) is 11.5 Å². The molecular weight excluding hydrogens is 359 g/mol. The Balaban J connectivity index is 1.45. The molecular formula is C23H23BN4O. The highest BCUT2D eigenvalue weighted by Crippen LogP contribution is 2.30. The molecule has 0 bridgehead atoms. The third-order valence-electron chi connectivity index (χ3n) is 5.71. The summed E-state index contributed by atoms with van der Waals surface area (Å²) in [6.45, 7) is 2.08. The Morgan fingerprint density at radius 3 is 2.55 bits per heavy atom. The molecule has 4 aromatic rings. The van der Waals surface area contributed by atoms with Crippen LogP contribution in [0.2, 0.25) is 0 Å². The molecule has 0 amide bonds. The summed E-state index contributed by atoms with van der Waals surface area (Å²) in [5, 5.41) is 6.07. The van der Waals surface area contributed by atoms with Gasteiger partial charge in [-0.3, -0.25) is 9.67 Å². The largest absolute Gasteiger partial charge is 0.457 e. The van der Waals surface area contributed by atoms with E-state index in [9.17, 15) is 0 Å². The fraction of sp³-hybridized carbons (Fsp3) is 0.217. The monoisotopic (exact) mass is 382 g/mol. The summed E-state index contributed by atoms with van der Waals surface area (Å²) in [5.41, 5.74) is 3.18. The van der Waals surface area contributed by atoms with E-state index in [2.05, 4.69) is 40.7 Å². The van der Waals surface area contributed by atoms with E-state index in [1.54, 1.807) is 0 Å². The van der Waals surface area contributed by atoms with Crippen molar-refractivity contribution in [2.45, 2.75) is 25.4 Å². The summed E-state index contributed by atoms with van der Waals surface area (Å²) < 4.78 is 8.06. The van der Waals surface area contributed by atoms with Gasteiger partial charge in [0.15, 0.2) is 7.98 Å². The molecule has 0 aliphatic carbocycles. The molecule has 1 fully saturated rings. The predicted octanol–water partition coefficient (Wildman–Crippen LogP) is 3.90. The van der Waals surface area contributed by atoms with E-state index < -0.39 is 0 Å². The average Bonchev–Trinajstić information content (AvgIpc) is 3.34. The summed E-state index contributed by atoms with van der Waals surface area (Å²) >= 11 is 0. The van der Waals surface area contributed by atoms with Crippen LogP contribution in [-0.2, 0) is 6.54 Å². The highest BCUT2D eigenvalue weighted by Gasteiger charge is 2.23. The molecule has 0 radical (unpaired) electrons. The summed E-state index contributed by atoms with van der Waals surface area (Å²) in [7, 11) is 2.21. The number of para-hydroxylation sites is 1. The first-order valence-corrected chi connectivity index (χ1v) is 10.1. The zero-order valence-corrected chi connectivity index (χ0v) is 16.5. The van der Waals surface area contributed by atoms with Crippen molar-refractivity contribution in [3.8, 4) is 22.8 Å². The molecule has 5 rings (SSSR count). The topological polar surface area (TPSA) is 43.2 Å². The van der Waals surface area contributed by atoms with Crippen molar-refractivity contribution < 1.29 is 4.74 Å². The highest BCUT2D eigenvalue weighted by atomic mass is 16.5. The van der Waals surface area contributed by atoms with Gasteiger partial charge in [0.1, 0.15) is 17.2 Å². The third-order valence-corrected chi connectivity index (χ3v) is 5.71. The fourth-order valence-electron chi connectivity index (χ4n) is 4.09. The maximum absolute atomic E-state index is 5.92. The maximum Gasteiger partial charge on any atom is 0.185 e. The number of rotatable bonds is 5. The molecule has 2 aromatic heterocycles. The average molecular weight is 382 g/mol. The molecule has 6 heteroatoms. The molecule has 144 valence electrons. The SMILES string of the molecule is BN1CCCC1Cn1nc(-c2ccc(Oc3ccccc3)cc2)c2cnccc21. The molecule has 0 spiro atoms. The van der Waals surface area contributed by atoms with E-state index in [4.69, 9.17) is 9.84 Å². The van der Waals surface area contributed by atoms with Crippen LogP contribution < -0.4 is 4.74 Å². The molecule has 3 heterocycles. The first kappa shape index (κ1) is 17.9. The second-order valence-corrected chi connectivity index (χ2v) is 7.64. The van der Waals surface area contributed by atoms with Crippen molar-refractivity contribution in [3.63, 3.8) is 0 Å². The van der Waals surface area contributed by atoms with E-state index in [0.29, 0.717) is 6.04 Å². The fourth-order valence-corrected chi connectivity index (χ4v) is 4.09. The van der Waals surface area contributed by atoms with Crippen molar-refractivity contribution in [3.05, 3.63) is 73.1 Å². The number of fused-ring (bicyclic) bond motifs is 1. The molecule has 1 aliphatic rings. The second-order valence-electron chi connectivity index (χ2n) is 7.64. The van der Waals surface area contributed by atoms with Gasteiger partial charge in [0.25, 0.3) is 0 Å². The molecule has 1 saturated heterocycles. The zero-order valence-electron chi connectivity index (χ0n) is 16.5. The summed E-state index contributed by atoms with van der Waals surface area (Å²) in [6, 6.07) is 20.6. The summed E-state index contributed by atoms with van der Waals surface area (Å²) in [4.78, 5) is 6.78. The van der Waals surface area contributed by atoms with Gasteiger partial charge in [-0.2, -0.15) is 5.10 Å². The minimum atomic E-state index is 0.542. The third kappa shape index (κ3) is 3.63. The Bertz CT molecular complexity index is 1110. The molecule has 29 heavy (non-hydrogen) atoms. The Morgan fingerprint density at radius 1 is 1.00 bits per heavy atom. The van der Waals surface area contributed by atoms with E-state index in [-0.39, 0.29) is 0 Å². The van der Waals surface area contributed by atoms with Gasteiger partial charge in [-0.05, 0) is 61.9 Å². The molecule has 0 saturated carbocycles. The van der Waals surface area contributed by atoms with E-state index in [1.807, 2.05) is 54.9 Å². The van der Waals surface area contributed by atoms with Gasteiger partial charge in [-0.25, -0.2) is 0 Å². The van der Waals surface area contributed by atoms with Crippen LogP contribution >= 0.6 is 0 Å². The van der Waals surface area contributed by atoms with Crippen LogP contribution in [0.1, 0.15) is 12.8 Å². The number of benzene rings is 2. The van der Waals surface area contributed by atoms with Crippen LogP contribution in [0.3, 0.4) is 0 Å². The lowest BCUT2D eigenvalue weighted by Crippen LogP contribution is -2.30. The van der Waals surface area contributed by atoms with Crippen molar-refractivity contribution in [2.24, 2.45) is 0 Å². The Kier molecular flexibility index (Phi) is 4.78. The first-order chi connectivity index (χ1) is 14.3. The van der Waals surface area contributed by atoms with Crippen molar-refractivity contribution in [1.82, 2.24) is 19.6 Å². The van der Waals surface area contributed by atoms with Gasteiger partial charge in [0.2, 0.25) is 0 Å². The van der Waals surface area contributed by atoms with Gasteiger partial charge in [0.05, 0.1) is 12.1 Å². The molecule has 0 N–H and O–H groups in total. The molecule has 2 aromatic carbocycles. The van der Waals surface area contributed by atoms with Gasteiger partial charge >= 0.3 is 0 Å². The Hall–Kier alpha value is -3.12. The minimum absolute atomic E-state index is 0.542. The van der Waals surface area contributed by atoms with Crippen LogP contribution in [0, 0.1) is 0 Å².